The Bertz CT molecular complexity index is 692. The van der Waals surface area contributed by atoms with E-state index in [2.05, 4.69) is 22.1 Å². The minimum absolute atomic E-state index is 0.0191. The van der Waals surface area contributed by atoms with Gasteiger partial charge in [0.25, 0.3) is 0 Å². The second kappa shape index (κ2) is 7.53. The number of benzene rings is 1. The average molecular weight is 327 g/mol. The first-order valence-electron chi connectivity index (χ1n) is 8.28. The maximum absolute atomic E-state index is 13.5. The minimum atomic E-state index is -0.229. The average Bonchev–Trinajstić information content (AvgIpc) is 2.94. The Morgan fingerprint density at radius 1 is 1.38 bits per heavy atom. The standard InChI is InChI=1S/C19H22FN3O/c1-14-7-9-23(19(14)16-5-2-6-17(20)10-16)13-18(24)22-12-15-4-3-8-21-11-15/h2-6,8,10-11,14,19H,7,9,12-13H2,1H3,(H,22,24)/t14-,19+/m0/s1. The van der Waals surface area contributed by atoms with E-state index in [1.54, 1.807) is 24.5 Å². The molecule has 2 atom stereocenters. The number of nitrogens with one attached hydrogen (secondary N) is 1. The van der Waals surface area contributed by atoms with Gasteiger partial charge in [-0.2, -0.15) is 0 Å². The normalized spacial score (nSPS) is 20.9. The Morgan fingerprint density at radius 3 is 3.00 bits per heavy atom. The molecule has 1 aliphatic rings. The molecule has 24 heavy (non-hydrogen) atoms. The summed E-state index contributed by atoms with van der Waals surface area (Å²) in [6.45, 7) is 3.80. The molecule has 1 aliphatic heterocycles. The molecule has 3 rings (SSSR count). The van der Waals surface area contributed by atoms with Crippen molar-refractivity contribution in [3.05, 3.63) is 65.7 Å². The zero-order valence-electron chi connectivity index (χ0n) is 13.8. The zero-order chi connectivity index (χ0) is 16.9. The van der Waals surface area contributed by atoms with Crippen molar-refractivity contribution in [2.45, 2.75) is 25.9 Å². The summed E-state index contributed by atoms with van der Waals surface area (Å²) in [6.07, 6.45) is 4.46. The second-order valence-corrected chi connectivity index (χ2v) is 6.37. The molecule has 4 nitrogen and oxygen atoms in total. The highest BCUT2D eigenvalue weighted by atomic mass is 19.1. The smallest absolute Gasteiger partial charge is 0.234 e. The number of halogens is 1. The molecule has 2 aromatic rings. The van der Waals surface area contributed by atoms with Crippen molar-refractivity contribution in [2.24, 2.45) is 5.92 Å². The van der Waals surface area contributed by atoms with Gasteiger partial charge >= 0.3 is 0 Å². The summed E-state index contributed by atoms with van der Waals surface area (Å²) in [6, 6.07) is 10.6. The summed E-state index contributed by atoms with van der Waals surface area (Å²) in [7, 11) is 0. The molecule has 1 N–H and O–H groups in total. The van der Waals surface area contributed by atoms with Crippen LogP contribution in [0.4, 0.5) is 4.39 Å². The van der Waals surface area contributed by atoms with Gasteiger partial charge in [0.2, 0.25) is 5.91 Å². The largest absolute Gasteiger partial charge is 0.351 e. The highest BCUT2D eigenvalue weighted by Crippen LogP contribution is 2.36. The van der Waals surface area contributed by atoms with Gasteiger partial charge in [-0.15, -0.1) is 0 Å². The summed E-state index contributed by atoms with van der Waals surface area (Å²) in [5.41, 5.74) is 1.92. The lowest BCUT2D eigenvalue weighted by Crippen LogP contribution is -2.37. The Hall–Kier alpha value is -2.27. The van der Waals surface area contributed by atoms with Gasteiger partial charge in [0.1, 0.15) is 5.82 Å². The molecular formula is C19H22FN3O. The van der Waals surface area contributed by atoms with E-state index in [0.717, 1.165) is 24.1 Å². The van der Waals surface area contributed by atoms with Gasteiger partial charge in [-0.25, -0.2) is 4.39 Å². The number of hydrogen-bond acceptors (Lipinski definition) is 3. The van der Waals surface area contributed by atoms with Crippen LogP contribution in [0.2, 0.25) is 0 Å². The van der Waals surface area contributed by atoms with Gasteiger partial charge in [0.05, 0.1) is 6.54 Å². The van der Waals surface area contributed by atoms with Crippen LogP contribution in [-0.4, -0.2) is 28.9 Å². The van der Waals surface area contributed by atoms with E-state index in [-0.39, 0.29) is 17.8 Å². The van der Waals surface area contributed by atoms with Gasteiger partial charge < -0.3 is 5.32 Å². The van der Waals surface area contributed by atoms with Crippen molar-refractivity contribution in [3.8, 4) is 0 Å². The van der Waals surface area contributed by atoms with Crippen LogP contribution in [0, 0.1) is 11.7 Å². The van der Waals surface area contributed by atoms with Crippen LogP contribution in [0.5, 0.6) is 0 Å². The van der Waals surface area contributed by atoms with Crippen LogP contribution in [0.3, 0.4) is 0 Å². The van der Waals surface area contributed by atoms with Gasteiger partial charge in [0.15, 0.2) is 0 Å². The molecular weight excluding hydrogens is 305 g/mol. The molecule has 1 saturated heterocycles. The molecule has 1 fully saturated rings. The van der Waals surface area contributed by atoms with Crippen LogP contribution < -0.4 is 5.32 Å². The first-order chi connectivity index (χ1) is 11.6. The van der Waals surface area contributed by atoms with Gasteiger partial charge in [0, 0.05) is 25.0 Å². The molecule has 0 bridgehead atoms. The summed E-state index contributed by atoms with van der Waals surface area (Å²) in [4.78, 5) is 18.5. The Balaban J connectivity index is 1.62. The molecule has 0 aliphatic carbocycles. The van der Waals surface area contributed by atoms with Crippen molar-refractivity contribution in [1.29, 1.82) is 0 Å². The molecule has 1 aromatic carbocycles. The molecule has 2 heterocycles. The molecule has 5 heteroatoms. The second-order valence-electron chi connectivity index (χ2n) is 6.37. The van der Waals surface area contributed by atoms with Crippen LogP contribution >= 0.6 is 0 Å². The monoisotopic (exact) mass is 327 g/mol. The maximum atomic E-state index is 13.5. The zero-order valence-corrected chi connectivity index (χ0v) is 13.8. The molecule has 1 aromatic heterocycles. The van der Waals surface area contributed by atoms with Crippen molar-refractivity contribution >= 4 is 5.91 Å². The predicted octanol–water partition coefficient (Wildman–Crippen LogP) is 2.92. The van der Waals surface area contributed by atoms with Gasteiger partial charge in [-0.05, 0) is 48.2 Å². The van der Waals surface area contributed by atoms with Crippen LogP contribution in [0.1, 0.15) is 30.5 Å². The lowest BCUT2D eigenvalue weighted by atomic mass is 9.95. The summed E-state index contributed by atoms with van der Waals surface area (Å²) in [5.74, 6) is 0.153. The quantitative estimate of drug-likeness (QED) is 0.918. The number of rotatable bonds is 5. The Morgan fingerprint density at radius 2 is 2.25 bits per heavy atom. The van der Waals surface area contributed by atoms with E-state index in [9.17, 15) is 9.18 Å². The number of amides is 1. The summed E-state index contributed by atoms with van der Waals surface area (Å²) >= 11 is 0. The first-order valence-corrected chi connectivity index (χ1v) is 8.28. The summed E-state index contributed by atoms with van der Waals surface area (Å²) < 4.78 is 13.5. The summed E-state index contributed by atoms with van der Waals surface area (Å²) in [5, 5.41) is 2.93. The molecule has 0 radical (unpaired) electrons. The molecule has 1 amide bonds. The fourth-order valence-electron chi connectivity index (χ4n) is 3.38. The maximum Gasteiger partial charge on any atom is 0.234 e. The van der Waals surface area contributed by atoms with Crippen molar-refractivity contribution in [3.63, 3.8) is 0 Å². The number of carbonyl (C=O) groups is 1. The highest BCUT2D eigenvalue weighted by molar-refractivity contribution is 5.78. The number of carbonyl (C=O) groups excluding carboxylic acids is 1. The van der Waals surface area contributed by atoms with E-state index < -0.39 is 0 Å². The lowest BCUT2D eigenvalue weighted by molar-refractivity contribution is -0.122. The van der Waals surface area contributed by atoms with Crippen LogP contribution in [0.15, 0.2) is 48.8 Å². The van der Waals surface area contributed by atoms with Crippen molar-refractivity contribution < 1.29 is 9.18 Å². The number of likely N-dealkylation sites (tertiary alicyclic amines) is 1. The molecule has 0 unspecified atom stereocenters. The fraction of sp³-hybridized carbons (Fsp3) is 0.368. The minimum Gasteiger partial charge on any atom is -0.351 e. The van der Waals surface area contributed by atoms with E-state index in [0.29, 0.717) is 19.0 Å². The van der Waals surface area contributed by atoms with Crippen molar-refractivity contribution in [1.82, 2.24) is 15.2 Å². The highest BCUT2D eigenvalue weighted by Gasteiger charge is 2.33. The van der Waals surface area contributed by atoms with E-state index in [4.69, 9.17) is 0 Å². The molecule has 0 saturated carbocycles. The first kappa shape index (κ1) is 16.6. The van der Waals surface area contributed by atoms with Crippen LogP contribution in [-0.2, 0) is 11.3 Å². The molecule has 0 spiro atoms. The number of nitrogens with zero attached hydrogens (tertiary/aromatic N) is 2. The number of hydrogen-bond donors (Lipinski definition) is 1. The third-order valence-corrected chi connectivity index (χ3v) is 4.55. The SMILES string of the molecule is C[C@H]1CCN(CC(=O)NCc2cccnc2)[C@H]1c1cccc(F)c1. The van der Waals surface area contributed by atoms with E-state index >= 15 is 0 Å². The van der Waals surface area contributed by atoms with Gasteiger partial charge in [-0.1, -0.05) is 25.1 Å². The Labute approximate surface area is 141 Å². The van der Waals surface area contributed by atoms with Crippen LogP contribution in [0.25, 0.3) is 0 Å². The third-order valence-electron chi connectivity index (χ3n) is 4.55. The van der Waals surface area contributed by atoms with Crippen molar-refractivity contribution in [2.75, 3.05) is 13.1 Å². The number of pyridine rings is 1. The fourth-order valence-corrected chi connectivity index (χ4v) is 3.38. The third kappa shape index (κ3) is 3.97. The van der Waals surface area contributed by atoms with E-state index in [1.807, 2.05) is 18.2 Å². The van der Waals surface area contributed by atoms with E-state index in [1.165, 1.54) is 6.07 Å². The van der Waals surface area contributed by atoms with Gasteiger partial charge in [-0.3, -0.25) is 14.7 Å². The topological polar surface area (TPSA) is 45.2 Å². The Kier molecular flexibility index (Phi) is 5.20. The molecule has 126 valence electrons. The number of aromatic nitrogens is 1. The lowest BCUT2D eigenvalue weighted by Gasteiger charge is -2.27. The predicted molar refractivity (Wildman–Crippen MR) is 90.6 cm³/mol.